The largest absolute Gasteiger partial charge is 0.435 e. The van der Waals surface area contributed by atoms with E-state index in [-0.39, 0.29) is 17.4 Å². The van der Waals surface area contributed by atoms with Crippen LogP contribution in [0.1, 0.15) is 31.2 Å². The number of nitrogens with one attached hydrogen (secondary N) is 1. The van der Waals surface area contributed by atoms with Crippen LogP contribution in [0.4, 0.5) is 8.78 Å². The molecule has 0 unspecified atom stereocenters. The summed E-state index contributed by atoms with van der Waals surface area (Å²) < 4.78 is 28.6. The van der Waals surface area contributed by atoms with E-state index in [0.29, 0.717) is 29.0 Å². The smallest absolute Gasteiger partial charge is 0.387 e. The number of alkyl halides is 2. The molecule has 0 aliphatic rings. The van der Waals surface area contributed by atoms with Crippen LogP contribution in [-0.2, 0) is 6.42 Å². The predicted octanol–water partition coefficient (Wildman–Crippen LogP) is 4.55. The number of halogens is 2. The van der Waals surface area contributed by atoms with Gasteiger partial charge in [-0.05, 0) is 41.6 Å². The Balaban J connectivity index is 1.60. The minimum absolute atomic E-state index is 0.0869. The lowest BCUT2D eigenvalue weighted by atomic mass is 10.0. The summed E-state index contributed by atoms with van der Waals surface area (Å²) in [5.41, 5.74) is 1.54. The summed E-state index contributed by atoms with van der Waals surface area (Å²) in [6.45, 7) is -2.52. The third kappa shape index (κ3) is 5.01. The van der Waals surface area contributed by atoms with Gasteiger partial charge in [0.05, 0.1) is 10.4 Å². The lowest BCUT2D eigenvalue weighted by Crippen LogP contribution is -2.27. The van der Waals surface area contributed by atoms with Crippen LogP contribution in [0.25, 0.3) is 0 Å². The quantitative estimate of drug-likeness (QED) is 0.564. The van der Waals surface area contributed by atoms with E-state index >= 15 is 0 Å². The van der Waals surface area contributed by atoms with Crippen molar-refractivity contribution in [1.82, 2.24) is 5.32 Å². The number of benzene rings is 2. The standard InChI is InChI=1S/C21H17F2NO3S/c22-21(23)27-15-9-7-14(8-10-15)11-12-24-20(26)17-5-2-1-4-16(17)19(25)18-6-3-13-28-18/h1-10,13,21H,11-12H2,(H,24,26). The molecule has 0 spiro atoms. The van der Waals surface area contributed by atoms with Crippen LogP contribution in [0.3, 0.4) is 0 Å². The Kier molecular flexibility index (Phi) is 6.49. The average molecular weight is 401 g/mol. The van der Waals surface area contributed by atoms with Crippen molar-refractivity contribution in [2.45, 2.75) is 13.0 Å². The molecule has 2 aromatic carbocycles. The van der Waals surface area contributed by atoms with E-state index in [1.165, 1.54) is 23.5 Å². The van der Waals surface area contributed by atoms with Crippen molar-refractivity contribution in [3.63, 3.8) is 0 Å². The van der Waals surface area contributed by atoms with Gasteiger partial charge in [-0.25, -0.2) is 0 Å². The average Bonchev–Trinajstić information content (AvgIpc) is 3.23. The van der Waals surface area contributed by atoms with Crippen molar-refractivity contribution in [1.29, 1.82) is 0 Å². The number of hydrogen-bond donors (Lipinski definition) is 1. The van der Waals surface area contributed by atoms with Gasteiger partial charge in [-0.2, -0.15) is 8.78 Å². The number of rotatable bonds is 8. The third-order valence-corrected chi connectivity index (χ3v) is 4.88. The van der Waals surface area contributed by atoms with Gasteiger partial charge in [-0.15, -0.1) is 11.3 Å². The van der Waals surface area contributed by atoms with Crippen LogP contribution >= 0.6 is 11.3 Å². The number of ether oxygens (including phenoxy) is 1. The molecule has 4 nitrogen and oxygen atoms in total. The first-order chi connectivity index (χ1) is 13.5. The lowest BCUT2D eigenvalue weighted by Gasteiger charge is -2.10. The summed E-state index contributed by atoms with van der Waals surface area (Å²) in [5, 5.41) is 4.61. The second-order valence-electron chi connectivity index (χ2n) is 5.88. The van der Waals surface area contributed by atoms with Gasteiger partial charge >= 0.3 is 6.61 Å². The zero-order valence-electron chi connectivity index (χ0n) is 14.7. The highest BCUT2D eigenvalue weighted by molar-refractivity contribution is 7.12. The highest BCUT2D eigenvalue weighted by Gasteiger charge is 2.18. The molecule has 1 amide bonds. The maximum atomic E-state index is 12.6. The van der Waals surface area contributed by atoms with Gasteiger partial charge in [0.15, 0.2) is 0 Å². The molecule has 144 valence electrons. The minimum atomic E-state index is -2.86. The van der Waals surface area contributed by atoms with Crippen molar-refractivity contribution in [3.8, 4) is 5.75 Å². The number of carbonyl (C=O) groups is 2. The van der Waals surface area contributed by atoms with Gasteiger partial charge in [0.2, 0.25) is 5.78 Å². The first-order valence-electron chi connectivity index (χ1n) is 8.54. The molecule has 0 saturated heterocycles. The Bertz CT molecular complexity index is 941. The monoisotopic (exact) mass is 401 g/mol. The van der Waals surface area contributed by atoms with Crippen LogP contribution in [0.15, 0.2) is 66.0 Å². The molecule has 1 aromatic heterocycles. The summed E-state index contributed by atoms with van der Waals surface area (Å²) in [4.78, 5) is 25.7. The first kappa shape index (κ1) is 19.7. The van der Waals surface area contributed by atoms with Crippen molar-refractivity contribution in [2.24, 2.45) is 0 Å². The van der Waals surface area contributed by atoms with Crippen LogP contribution in [0, 0.1) is 0 Å². The molecule has 0 aliphatic heterocycles. The summed E-state index contributed by atoms with van der Waals surface area (Å²) >= 11 is 1.33. The molecule has 0 saturated carbocycles. The van der Waals surface area contributed by atoms with Gasteiger partial charge in [-0.3, -0.25) is 9.59 Å². The molecule has 0 radical (unpaired) electrons. The molecule has 7 heteroatoms. The second kappa shape index (κ2) is 9.23. The topological polar surface area (TPSA) is 55.4 Å². The summed E-state index contributed by atoms with van der Waals surface area (Å²) in [6, 6.07) is 16.4. The van der Waals surface area contributed by atoms with E-state index in [1.54, 1.807) is 48.5 Å². The van der Waals surface area contributed by atoms with Crippen LogP contribution < -0.4 is 10.1 Å². The van der Waals surface area contributed by atoms with E-state index in [1.807, 2.05) is 5.38 Å². The second-order valence-corrected chi connectivity index (χ2v) is 6.83. The van der Waals surface area contributed by atoms with Gasteiger partial charge in [0, 0.05) is 12.1 Å². The summed E-state index contributed by atoms with van der Waals surface area (Å²) in [6.07, 6.45) is 0.516. The molecule has 0 atom stereocenters. The number of thiophene rings is 1. The minimum Gasteiger partial charge on any atom is -0.435 e. The Morgan fingerprint density at radius 2 is 1.68 bits per heavy atom. The molecule has 0 fully saturated rings. The lowest BCUT2D eigenvalue weighted by molar-refractivity contribution is -0.0498. The normalized spacial score (nSPS) is 10.7. The fraction of sp³-hybridized carbons (Fsp3) is 0.143. The van der Waals surface area contributed by atoms with E-state index in [9.17, 15) is 18.4 Å². The molecule has 0 bridgehead atoms. The Morgan fingerprint density at radius 3 is 2.32 bits per heavy atom. The number of hydrogen-bond acceptors (Lipinski definition) is 4. The molecule has 3 rings (SSSR count). The molecule has 28 heavy (non-hydrogen) atoms. The summed E-state index contributed by atoms with van der Waals surface area (Å²) in [5.74, 6) is -0.433. The van der Waals surface area contributed by atoms with Crippen molar-refractivity contribution >= 4 is 23.0 Å². The zero-order chi connectivity index (χ0) is 19.9. The van der Waals surface area contributed by atoms with Crippen molar-refractivity contribution in [3.05, 3.63) is 87.6 Å². The van der Waals surface area contributed by atoms with E-state index in [0.717, 1.165) is 5.56 Å². The number of ketones is 1. The molecule has 1 heterocycles. The number of amides is 1. The Hall–Kier alpha value is -3.06. The van der Waals surface area contributed by atoms with Crippen LogP contribution in [0.5, 0.6) is 5.75 Å². The van der Waals surface area contributed by atoms with E-state index < -0.39 is 6.61 Å². The third-order valence-electron chi connectivity index (χ3n) is 4.01. The molecule has 0 aliphatic carbocycles. The first-order valence-corrected chi connectivity index (χ1v) is 9.42. The van der Waals surface area contributed by atoms with Gasteiger partial charge in [0.1, 0.15) is 5.75 Å². The van der Waals surface area contributed by atoms with E-state index in [4.69, 9.17) is 0 Å². The molecular formula is C21H17F2NO3S. The maximum absolute atomic E-state index is 12.6. The van der Waals surface area contributed by atoms with Crippen LogP contribution in [0.2, 0.25) is 0 Å². The number of carbonyl (C=O) groups excluding carboxylic acids is 2. The Morgan fingerprint density at radius 1 is 0.964 bits per heavy atom. The molecular weight excluding hydrogens is 384 g/mol. The van der Waals surface area contributed by atoms with Gasteiger partial charge in [0.25, 0.3) is 5.91 Å². The summed E-state index contributed by atoms with van der Waals surface area (Å²) in [7, 11) is 0. The predicted molar refractivity (Wildman–Crippen MR) is 103 cm³/mol. The van der Waals surface area contributed by atoms with Gasteiger partial charge in [-0.1, -0.05) is 36.4 Å². The van der Waals surface area contributed by atoms with E-state index in [2.05, 4.69) is 10.1 Å². The fourth-order valence-corrected chi connectivity index (χ4v) is 3.35. The zero-order valence-corrected chi connectivity index (χ0v) is 15.5. The fourth-order valence-electron chi connectivity index (χ4n) is 2.67. The highest BCUT2D eigenvalue weighted by atomic mass is 32.1. The van der Waals surface area contributed by atoms with Gasteiger partial charge < -0.3 is 10.1 Å². The Labute approximate surface area is 164 Å². The highest BCUT2D eigenvalue weighted by Crippen LogP contribution is 2.19. The van der Waals surface area contributed by atoms with Crippen molar-refractivity contribution in [2.75, 3.05) is 6.54 Å². The van der Waals surface area contributed by atoms with Crippen LogP contribution in [-0.4, -0.2) is 24.8 Å². The SMILES string of the molecule is O=C(NCCc1ccc(OC(F)F)cc1)c1ccccc1C(=O)c1cccs1. The maximum Gasteiger partial charge on any atom is 0.387 e. The molecule has 3 aromatic rings. The molecule has 1 N–H and O–H groups in total. The van der Waals surface area contributed by atoms with Crippen molar-refractivity contribution < 1.29 is 23.1 Å².